The zero-order valence-electron chi connectivity index (χ0n) is 18.3. The van der Waals surface area contributed by atoms with Crippen LogP contribution in [0.15, 0.2) is 42.0 Å². The van der Waals surface area contributed by atoms with Crippen molar-refractivity contribution in [2.45, 2.75) is 24.0 Å². The van der Waals surface area contributed by atoms with Gasteiger partial charge in [-0.15, -0.1) is 0 Å². The predicted octanol–water partition coefficient (Wildman–Crippen LogP) is 1.07. The first-order chi connectivity index (χ1) is 14.3. The number of aromatic nitrogens is 2. The van der Waals surface area contributed by atoms with Gasteiger partial charge in [-0.1, -0.05) is 12.7 Å². The van der Waals surface area contributed by atoms with Gasteiger partial charge in [-0.25, -0.2) is 0 Å². The number of pyridine rings is 2. The van der Waals surface area contributed by atoms with Gasteiger partial charge in [0.05, 0.1) is 25.2 Å². The van der Waals surface area contributed by atoms with E-state index in [1.807, 2.05) is 41.9 Å². The molecule has 30 heavy (non-hydrogen) atoms. The van der Waals surface area contributed by atoms with Crippen LogP contribution < -0.4 is 15.0 Å². The van der Waals surface area contributed by atoms with Gasteiger partial charge in [-0.2, -0.15) is 0 Å². The van der Waals surface area contributed by atoms with Crippen LogP contribution in [-0.2, 0) is 5.24 Å². The number of ether oxygens (including phenoxy) is 2. The lowest BCUT2D eigenvalue weighted by Crippen LogP contribution is -2.42. The molecule has 0 unspecified atom stereocenters. The minimum atomic E-state index is -0.371. The lowest BCUT2D eigenvalue weighted by molar-refractivity contribution is 0.393. The van der Waals surface area contributed by atoms with Gasteiger partial charge in [-0.05, 0) is 47.2 Å². The summed E-state index contributed by atoms with van der Waals surface area (Å²) < 4.78 is 13.0. The largest absolute Gasteiger partial charge is 0.496 e. The third-order valence-corrected chi connectivity index (χ3v) is 5.70. The Bertz CT molecular complexity index is 1190. The van der Waals surface area contributed by atoms with Crippen molar-refractivity contribution < 1.29 is 9.47 Å². The van der Waals surface area contributed by atoms with E-state index >= 15 is 0 Å². The molecule has 1 saturated carbocycles. The molecule has 1 aliphatic carbocycles. The first-order valence-electron chi connectivity index (χ1n) is 10.2. The van der Waals surface area contributed by atoms with Crippen molar-refractivity contribution in [3.05, 3.63) is 58.8 Å². The van der Waals surface area contributed by atoms with Gasteiger partial charge in [0, 0.05) is 29.6 Å². The Balaban J connectivity index is 2.08. The fraction of sp³-hybridized carbons (Fsp3) is 0.273. The molecule has 1 fully saturated rings. The molecule has 1 aliphatic rings. The van der Waals surface area contributed by atoms with E-state index in [1.54, 1.807) is 31.1 Å². The van der Waals surface area contributed by atoms with Crippen LogP contribution in [-0.4, -0.2) is 47.3 Å². The molecule has 0 atom stereocenters. The number of rotatable bonds is 6. The molecule has 0 saturated heterocycles. The third-order valence-electron chi connectivity index (χ3n) is 5.70. The van der Waals surface area contributed by atoms with Crippen molar-refractivity contribution in [1.82, 2.24) is 9.55 Å². The highest BCUT2D eigenvalue weighted by Gasteiger charge is 2.27. The molecule has 1 aromatic carbocycles. The zero-order valence-corrected chi connectivity index (χ0v) is 18.3. The van der Waals surface area contributed by atoms with Gasteiger partial charge in [0.15, 0.2) is 0 Å². The number of benzene rings is 1. The van der Waals surface area contributed by atoms with Gasteiger partial charge in [0.25, 0.3) is 5.56 Å². The van der Waals surface area contributed by atoms with E-state index in [2.05, 4.69) is 17.6 Å². The van der Waals surface area contributed by atoms with E-state index < -0.39 is 0 Å². The quantitative estimate of drug-likeness (QED) is 0.584. The summed E-state index contributed by atoms with van der Waals surface area (Å²) in [5, 5.41) is 1.16. The van der Waals surface area contributed by atoms with Gasteiger partial charge >= 0.3 is 0 Å². The van der Waals surface area contributed by atoms with Gasteiger partial charge < -0.3 is 14.0 Å². The van der Waals surface area contributed by atoms with E-state index in [1.165, 1.54) is 0 Å². The van der Waals surface area contributed by atoms with Crippen LogP contribution in [0.2, 0.25) is 0 Å². The standard InChI is InChI=1S/C22H25B3N2O3/c1-4-14-19(29-2)7-13(8-20(14)30-3)17-11-27(22(23,24)25)21(28)16-10-26-18(9-15(16)17)12-5-6-12/h4,7-12H,1,5-6,23-25H2,2-3H3. The van der Waals surface area contributed by atoms with Crippen molar-refractivity contribution in [2.75, 3.05) is 14.2 Å². The van der Waals surface area contributed by atoms with E-state index in [-0.39, 0.29) is 10.8 Å². The Morgan fingerprint density at radius 2 is 1.77 bits per heavy atom. The molecule has 0 amide bonds. The van der Waals surface area contributed by atoms with Crippen molar-refractivity contribution in [2.24, 2.45) is 0 Å². The maximum absolute atomic E-state index is 13.3. The highest BCUT2D eigenvalue weighted by molar-refractivity contribution is 6.56. The average Bonchev–Trinajstić information content (AvgIpc) is 3.57. The van der Waals surface area contributed by atoms with Crippen molar-refractivity contribution >= 4 is 40.4 Å². The first-order valence-corrected chi connectivity index (χ1v) is 10.2. The number of hydrogen-bond donors (Lipinski definition) is 0. The summed E-state index contributed by atoms with van der Waals surface area (Å²) in [6, 6.07) is 6.03. The molecule has 3 aromatic rings. The van der Waals surface area contributed by atoms with Crippen LogP contribution >= 0.6 is 0 Å². The summed E-state index contributed by atoms with van der Waals surface area (Å²) in [6.45, 7) is 3.88. The van der Waals surface area contributed by atoms with Crippen LogP contribution in [0.3, 0.4) is 0 Å². The summed E-state index contributed by atoms with van der Waals surface area (Å²) in [7, 11) is 9.34. The summed E-state index contributed by atoms with van der Waals surface area (Å²) in [4.78, 5) is 17.9. The highest BCUT2D eigenvalue weighted by atomic mass is 16.5. The summed E-state index contributed by atoms with van der Waals surface area (Å²) in [5.41, 5.74) is 3.70. The monoisotopic (exact) mass is 398 g/mol. The Morgan fingerprint density at radius 3 is 2.27 bits per heavy atom. The maximum Gasteiger partial charge on any atom is 0.258 e. The second-order valence-electron chi connectivity index (χ2n) is 8.82. The topological polar surface area (TPSA) is 53.4 Å². The lowest BCUT2D eigenvalue weighted by Gasteiger charge is -2.25. The van der Waals surface area contributed by atoms with Gasteiger partial charge in [0.1, 0.15) is 35.0 Å². The minimum Gasteiger partial charge on any atom is -0.496 e. The normalized spacial score (nSPS) is 13.9. The highest BCUT2D eigenvalue weighted by Crippen LogP contribution is 2.42. The molecule has 0 bridgehead atoms. The Labute approximate surface area is 179 Å². The van der Waals surface area contributed by atoms with Crippen LogP contribution in [0.5, 0.6) is 11.5 Å². The second kappa shape index (κ2) is 7.42. The van der Waals surface area contributed by atoms with E-state index in [0.29, 0.717) is 22.8 Å². The molecule has 0 aliphatic heterocycles. The maximum atomic E-state index is 13.3. The number of hydrogen-bond acceptors (Lipinski definition) is 4. The first kappa shape index (κ1) is 20.4. The molecule has 0 spiro atoms. The molecule has 2 aromatic heterocycles. The molecule has 4 rings (SSSR count). The molecule has 2 heterocycles. The van der Waals surface area contributed by atoms with E-state index in [9.17, 15) is 4.79 Å². The molecule has 8 heteroatoms. The van der Waals surface area contributed by atoms with Crippen molar-refractivity contribution in [1.29, 1.82) is 0 Å². The molecule has 0 radical (unpaired) electrons. The fourth-order valence-electron chi connectivity index (χ4n) is 3.88. The predicted molar refractivity (Wildman–Crippen MR) is 130 cm³/mol. The smallest absolute Gasteiger partial charge is 0.258 e. The summed E-state index contributed by atoms with van der Waals surface area (Å²) >= 11 is 0. The van der Waals surface area contributed by atoms with Crippen LogP contribution in [0.4, 0.5) is 0 Å². The summed E-state index contributed by atoms with van der Waals surface area (Å²) in [5.74, 6) is 1.86. The Hall–Kier alpha value is -2.89. The van der Waals surface area contributed by atoms with Crippen LogP contribution in [0.25, 0.3) is 28.0 Å². The van der Waals surface area contributed by atoms with Gasteiger partial charge in [0.2, 0.25) is 0 Å². The zero-order chi connectivity index (χ0) is 21.6. The molecular weight excluding hydrogens is 373 g/mol. The van der Waals surface area contributed by atoms with E-state index in [0.717, 1.165) is 40.6 Å². The van der Waals surface area contributed by atoms with Crippen molar-refractivity contribution in [3.8, 4) is 22.6 Å². The van der Waals surface area contributed by atoms with Crippen LogP contribution in [0, 0.1) is 0 Å². The summed E-state index contributed by atoms with van der Waals surface area (Å²) in [6.07, 6.45) is 7.72. The molecule has 150 valence electrons. The number of fused-ring (bicyclic) bond motifs is 1. The van der Waals surface area contributed by atoms with Crippen LogP contribution in [0.1, 0.15) is 30.0 Å². The lowest BCUT2D eigenvalue weighted by atomic mass is 9.49. The Morgan fingerprint density at radius 1 is 1.13 bits per heavy atom. The number of methoxy groups -OCH3 is 2. The minimum absolute atomic E-state index is 0.0299. The molecular formula is C22H25B3N2O3. The Kier molecular flexibility index (Phi) is 5.04. The van der Waals surface area contributed by atoms with Crippen molar-refractivity contribution in [3.63, 3.8) is 0 Å². The molecule has 5 nitrogen and oxygen atoms in total. The third kappa shape index (κ3) is 3.44. The number of nitrogens with zero attached hydrogens (tertiary/aromatic N) is 2. The molecule has 0 N–H and O–H groups in total. The second-order valence-corrected chi connectivity index (χ2v) is 8.82. The average molecular weight is 398 g/mol. The van der Waals surface area contributed by atoms with E-state index in [4.69, 9.17) is 9.47 Å². The van der Waals surface area contributed by atoms with Gasteiger partial charge in [-0.3, -0.25) is 9.78 Å². The SMILES string of the molecule is BC(B)(B)n1cc(-c2cc(OC)c(C=C)c(OC)c2)c2cc(C3CC3)ncc2c1=O. The fourth-order valence-corrected chi connectivity index (χ4v) is 3.88.